The van der Waals surface area contributed by atoms with Crippen LogP contribution in [0.5, 0.6) is 0 Å². The lowest BCUT2D eigenvalue weighted by Crippen LogP contribution is -2.28. The summed E-state index contributed by atoms with van der Waals surface area (Å²) in [5.74, 6) is 0. The molecule has 0 fully saturated rings. The highest BCUT2D eigenvalue weighted by Crippen LogP contribution is 2.22. The lowest BCUT2D eigenvalue weighted by Gasteiger charge is -2.16. The Kier molecular flexibility index (Phi) is 9.25. The topological polar surface area (TPSA) is 29.9 Å². The molecule has 0 spiro atoms. The standard InChI is InChI=1S/C17H32BrN3/c1-5-6-7-8-9-10-11-12-15(19-3)13-16-17(18)14(2)20-21(16)4/h15,19H,5-13H2,1-4H3. The average Bonchev–Trinajstić information content (AvgIpc) is 2.71. The Bertz CT molecular complexity index is 401. The molecule has 1 unspecified atom stereocenters. The van der Waals surface area contributed by atoms with Crippen molar-refractivity contribution in [3.05, 3.63) is 15.9 Å². The van der Waals surface area contributed by atoms with E-state index in [4.69, 9.17) is 0 Å². The molecular formula is C17H32BrN3. The second kappa shape index (κ2) is 10.4. The van der Waals surface area contributed by atoms with Crippen LogP contribution in [0.3, 0.4) is 0 Å². The van der Waals surface area contributed by atoms with Gasteiger partial charge >= 0.3 is 0 Å². The van der Waals surface area contributed by atoms with E-state index in [2.05, 4.69) is 47.2 Å². The van der Waals surface area contributed by atoms with Gasteiger partial charge < -0.3 is 5.32 Å². The van der Waals surface area contributed by atoms with Crippen LogP contribution in [0.1, 0.15) is 69.7 Å². The summed E-state index contributed by atoms with van der Waals surface area (Å²) in [6.07, 6.45) is 11.9. The SMILES string of the molecule is CCCCCCCCCC(Cc1c(Br)c(C)nn1C)NC. The summed E-state index contributed by atoms with van der Waals surface area (Å²) < 4.78 is 3.18. The molecule has 0 saturated carbocycles. The third-order valence-corrected chi connectivity index (χ3v) is 5.30. The molecule has 1 N–H and O–H groups in total. The Hall–Kier alpha value is -0.350. The van der Waals surface area contributed by atoms with Crippen molar-refractivity contribution in [3.8, 4) is 0 Å². The summed E-state index contributed by atoms with van der Waals surface area (Å²) in [7, 11) is 4.11. The van der Waals surface area contributed by atoms with Gasteiger partial charge in [-0.05, 0) is 36.3 Å². The first-order valence-electron chi connectivity index (χ1n) is 8.45. The second-order valence-electron chi connectivity index (χ2n) is 6.07. The third kappa shape index (κ3) is 6.52. The van der Waals surface area contributed by atoms with Crippen molar-refractivity contribution in [1.82, 2.24) is 15.1 Å². The smallest absolute Gasteiger partial charge is 0.0738 e. The van der Waals surface area contributed by atoms with Gasteiger partial charge in [0.1, 0.15) is 0 Å². The molecule has 122 valence electrons. The lowest BCUT2D eigenvalue weighted by molar-refractivity contribution is 0.468. The van der Waals surface area contributed by atoms with Gasteiger partial charge in [0, 0.05) is 19.5 Å². The van der Waals surface area contributed by atoms with Gasteiger partial charge in [-0.15, -0.1) is 0 Å². The molecule has 1 aromatic rings. The molecule has 0 aromatic carbocycles. The average molecular weight is 358 g/mol. The van der Waals surface area contributed by atoms with Crippen molar-refractivity contribution < 1.29 is 0 Å². The summed E-state index contributed by atoms with van der Waals surface area (Å²) in [5.41, 5.74) is 2.38. The van der Waals surface area contributed by atoms with Crippen LogP contribution < -0.4 is 5.32 Å². The van der Waals surface area contributed by atoms with Crippen LogP contribution in [0.15, 0.2) is 4.47 Å². The van der Waals surface area contributed by atoms with Crippen molar-refractivity contribution in [3.63, 3.8) is 0 Å². The number of nitrogens with zero attached hydrogens (tertiary/aromatic N) is 2. The van der Waals surface area contributed by atoms with Gasteiger partial charge in [-0.25, -0.2) is 0 Å². The zero-order valence-electron chi connectivity index (χ0n) is 14.2. The van der Waals surface area contributed by atoms with Crippen molar-refractivity contribution in [2.75, 3.05) is 7.05 Å². The van der Waals surface area contributed by atoms with Crippen molar-refractivity contribution >= 4 is 15.9 Å². The largest absolute Gasteiger partial charge is 0.317 e. The highest BCUT2D eigenvalue weighted by Gasteiger charge is 2.15. The van der Waals surface area contributed by atoms with E-state index in [1.165, 1.54) is 61.5 Å². The number of hydrogen-bond donors (Lipinski definition) is 1. The van der Waals surface area contributed by atoms with E-state index < -0.39 is 0 Å². The number of likely N-dealkylation sites (N-methyl/N-ethyl adjacent to an activating group) is 1. The van der Waals surface area contributed by atoms with Crippen molar-refractivity contribution in [2.45, 2.75) is 77.7 Å². The van der Waals surface area contributed by atoms with Gasteiger partial charge in [0.25, 0.3) is 0 Å². The second-order valence-corrected chi connectivity index (χ2v) is 6.86. The molecular weight excluding hydrogens is 326 g/mol. The molecule has 0 radical (unpaired) electrons. The van der Waals surface area contributed by atoms with Crippen LogP contribution in [0.25, 0.3) is 0 Å². The molecule has 0 aliphatic heterocycles. The number of aryl methyl sites for hydroxylation is 2. The first kappa shape index (κ1) is 18.7. The van der Waals surface area contributed by atoms with Gasteiger partial charge in [-0.2, -0.15) is 5.10 Å². The van der Waals surface area contributed by atoms with Gasteiger partial charge in [0.2, 0.25) is 0 Å². The zero-order valence-corrected chi connectivity index (χ0v) is 15.8. The molecule has 1 rings (SSSR count). The first-order valence-corrected chi connectivity index (χ1v) is 9.24. The number of nitrogens with one attached hydrogen (secondary N) is 1. The zero-order chi connectivity index (χ0) is 15.7. The van der Waals surface area contributed by atoms with Gasteiger partial charge in [-0.1, -0.05) is 51.9 Å². The van der Waals surface area contributed by atoms with E-state index in [0.29, 0.717) is 6.04 Å². The predicted molar refractivity (Wildman–Crippen MR) is 94.8 cm³/mol. The van der Waals surface area contributed by atoms with Gasteiger partial charge in [-0.3, -0.25) is 4.68 Å². The summed E-state index contributed by atoms with van der Waals surface area (Å²) in [5, 5.41) is 7.94. The number of aromatic nitrogens is 2. The number of rotatable bonds is 11. The minimum Gasteiger partial charge on any atom is -0.317 e. The van der Waals surface area contributed by atoms with E-state index in [1.807, 2.05) is 11.7 Å². The summed E-state index contributed by atoms with van der Waals surface area (Å²) >= 11 is 3.66. The van der Waals surface area contributed by atoms with Gasteiger partial charge in [0.05, 0.1) is 15.9 Å². The molecule has 4 heteroatoms. The summed E-state index contributed by atoms with van der Waals surface area (Å²) in [6.45, 7) is 4.33. The molecule has 21 heavy (non-hydrogen) atoms. The monoisotopic (exact) mass is 357 g/mol. The minimum absolute atomic E-state index is 0.548. The maximum atomic E-state index is 4.48. The van der Waals surface area contributed by atoms with Crippen molar-refractivity contribution in [1.29, 1.82) is 0 Å². The van der Waals surface area contributed by atoms with E-state index in [9.17, 15) is 0 Å². The minimum atomic E-state index is 0.548. The maximum absolute atomic E-state index is 4.48. The molecule has 0 aliphatic carbocycles. The predicted octanol–water partition coefficient (Wildman–Crippen LogP) is 4.76. The summed E-state index contributed by atoms with van der Waals surface area (Å²) in [4.78, 5) is 0. The van der Waals surface area contributed by atoms with Crippen LogP contribution in [0, 0.1) is 6.92 Å². The maximum Gasteiger partial charge on any atom is 0.0738 e. The Morgan fingerprint density at radius 1 is 1.14 bits per heavy atom. The van der Waals surface area contributed by atoms with E-state index in [1.54, 1.807) is 0 Å². The molecule has 0 bridgehead atoms. The van der Waals surface area contributed by atoms with Crippen LogP contribution in [0.4, 0.5) is 0 Å². The molecule has 3 nitrogen and oxygen atoms in total. The van der Waals surface area contributed by atoms with Crippen LogP contribution in [-0.4, -0.2) is 22.9 Å². The molecule has 0 saturated heterocycles. The van der Waals surface area contributed by atoms with Crippen molar-refractivity contribution in [2.24, 2.45) is 7.05 Å². The van der Waals surface area contributed by atoms with E-state index in [-0.39, 0.29) is 0 Å². The van der Waals surface area contributed by atoms with Gasteiger partial charge in [0.15, 0.2) is 0 Å². The van der Waals surface area contributed by atoms with Crippen LogP contribution in [0.2, 0.25) is 0 Å². The number of halogens is 1. The van der Waals surface area contributed by atoms with Crippen LogP contribution in [-0.2, 0) is 13.5 Å². The lowest BCUT2D eigenvalue weighted by atomic mass is 10.0. The van der Waals surface area contributed by atoms with E-state index >= 15 is 0 Å². The Morgan fingerprint density at radius 2 is 1.76 bits per heavy atom. The highest BCUT2D eigenvalue weighted by molar-refractivity contribution is 9.10. The molecule has 1 aromatic heterocycles. The van der Waals surface area contributed by atoms with E-state index in [0.717, 1.165) is 12.1 Å². The Labute approximate surface area is 139 Å². The quantitative estimate of drug-likeness (QED) is 0.578. The fourth-order valence-corrected chi connectivity index (χ4v) is 3.33. The highest BCUT2D eigenvalue weighted by atomic mass is 79.9. The van der Waals surface area contributed by atoms with Crippen LogP contribution >= 0.6 is 15.9 Å². The number of unbranched alkanes of at least 4 members (excludes halogenated alkanes) is 6. The first-order chi connectivity index (χ1) is 10.1. The normalized spacial score (nSPS) is 12.8. The molecule has 1 heterocycles. The molecule has 0 amide bonds. The molecule has 1 atom stereocenters. The molecule has 0 aliphatic rings. The summed E-state index contributed by atoms with van der Waals surface area (Å²) in [6, 6.07) is 0.548. The third-order valence-electron chi connectivity index (χ3n) is 4.27. The fourth-order valence-electron chi connectivity index (χ4n) is 2.83. The Balaban J connectivity index is 2.29. The fraction of sp³-hybridized carbons (Fsp3) is 0.824. The number of hydrogen-bond acceptors (Lipinski definition) is 2. The Morgan fingerprint density at radius 3 is 2.29 bits per heavy atom.